The van der Waals surface area contributed by atoms with Crippen LogP contribution in [0.3, 0.4) is 0 Å². The summed E-state index contributed by atoms with van der Waals surface area (Å²) in [5.41, 5.74) is 1.23. The van der Waals surface area contributed by atoms with Crippen LogP contribution >= 0.6 is 0 Å². The van der Waals surface area contributed by atoms with Crippen LogP contribution in [0.5, 0.6) is 0 Å². The van der Waals surface area contributed by atoms with Crippen LogP contribution in [0, 0.1) is 17.0 Å². The molecule has 0 spiro atoms. The molecule has 0 aromatic heterocycles. The lowest BCUT2D eigenvalue weighted by Gasteiger charge is -2.22. The quantitative estimate of drug-likeness (QED) is 0.646. The first-order chi connectivity index (χ1) is 10.6. The third-order valence-electron chi connectivity index (χ3n) is 3.69. The van der Waals surface area contributed by atoms with Crippen LogP contribution in [0.4, 0.5) is 16.2 Å². The number of anilines is 1. The highest BCUT2D eigenvalue weighted by molar-refractivity contribution is 5.90. The monoisotopic (exact) mass is 307 g/mol. The molecule has 2 rings (SSSR count). The van der Waals surface area contributed by atoms with Gasteiger partial charge in [-0.3, -0.25) is 10.1 Å². The molecule has 0 radical (unpaired) electrons. The predicted octanol–water partition coefficient (Wildman–Crippen LogP) is 2.98. The van der Waals surface area contributed by atoms with Gasteiger partial charge in [-0.1, -0.05) is 0 Å². The zero-order valence-corrected chi connectivity index (χ0v) is 12.6. The molecule has 1 unspecified atom stereocenters. The van der Waals surface area contributed by atoms with E-state index in [2.05, 4.69) is 10.6 Å². The Balaban J connectivity index is 1.77. The molecule has 2 amide bonds. The minimum absolute atomic E-state index is 0.0119. The fourth-order valence-corrected chi connectivity index (χ4v) is 2.45. The number of aryl methyl sites for hydroxylation is 1. The number of carbonyl (C=O) groups excluding carboxylic acids is 1. The summed E-state index contributed by atoms with van der Waals surface area (Å²) in [5, 5.41) is 16.2. The maximum atomic E-state index is 11.8. The Hall–Kier alpha value is -2.15. The first kappa shape index (κ1) is 16.2. The first-order valence-corrected chi connectivity index (χ1v) is 7.48. The fraction of sp³-hybridized carbons (Fsp3) is 0.533. The summed E-state index contributed by atoms with van der Waals surface area (Å²) in [7, 11) is 0. The van der Waals surface area contributed by atoms with E-state index in [0.29, 0.717) is 17.8 Å². The SMILES string of the molecule is Cc1cc([N+](=O)[O-])ccc1NC(=O)NCCC1CCCCO1. The van der Waals surface area contributed by atoms with Crippen molar-refractivity contribution in [2.75, 3.05) is 18.5 Å². The Morgan fingerprint density at radius 3 is 2.91 bits per heavy atom. The van der Waals surface area contributed by atoms with Crippen LogP contribution < -0.4 is 10.6 Å². The van der Waals surface area contributed by atoms with Gasteiger partial charge in [-0.15, -0.1) is 0 Å². The minimum atomic E-state index is -0.457. The smallest absolute Gasteiger partial charge is 0.319 e. The van der Waals surface area contributed by atoms with Gasteiger partial charge in [0.25, 0.3) is 5.69 Å². The molecule has 0 bridgehead atoms. The number of urea groups is 1. The maximum Gasteiger partial charge on any atom is 0.319 e. The van der Waals surface area contributed by atoms with Crippen LogP contribution in [0.15, 0.2) is 18.2 Å². The molecule has 0 aliphatic carbocycles. The van der Waals surface area contributed by atoms with Crippen molar-refractivity contribution in [2.24, 2.45) is 0 Å². The molecule has 0 saturated carbocycles. The average Bonchev–Trinajstić information content (AvgIpc) is 2.50. The van der Waals surface area contributed by atoms with E-state index in [1.54, 1.807) is 6.92 Å². The molecule has 1 aliphatic heterocycles. The number of hydrogen-bond donors (Lipinski definition) is 2. The summed E-state index contributed by atoms with van der Waals surface area (Å²) >= 11 is 0. The largest absolute Gasteiger partial charge is 0.378 e. The molecule has 1 heterocycles. The van der Waals surface area contributed by atoms with Crippen LogP contribution in [0.2, 0.25) is 0 Å². The van der Waals surface area contributed by atoms with Gasteiger partial charge in [0, 0.05) is 31.0 Å². The summed E-state index contributed by atoms with van der Waals surface area (Å²) in [6, 6.07) is 4.04. The summed E-state index contributed by atoms with van der Waals surface area (Å²) in [4.78, 5) is 22.0. The lowest BCUT2D eigenvalue weighted by Crippen LogP contribution is -2.32. The number of benzene rings is 1. The van der Waals surface area contributed by atoms with Gasteiger partial charge in [0.2, 0.25) is 0 Å². The van der Waals surface area contributed by atoms with Gasteiger partial charge in [0.1, 0.15) is 0 Å². The molecule has 1 fully saturated rings. The number of ether oxygens (including phenoxy) is 1. The number of nitrogens with one attached hydrogen (secondary N) is 2. The van der Waals surface area contributed by atoms with Crippen LogP contribution in [0.25, 0.3) is 0 Å². The van der Waals surface area contributed by atoms with Crippen molar-refractivity contribution < 1.29 is 14.5 Å². The molecule has 1 atom stereocenters. The molecule has 7 heteroatoms. The van der Waals surface area contributed by atoms with Gasteiger partial charge in [0.15, 0.2) is 0 Å². The van der Waals surface area contributed by atoms with E-state index in [9.17, 15) is 14.9 Å². The number of non-ortho nitro benzene ring substituents is 1. The molecule has 1 saturated heterocycles. The zero-order valence-electron chi connectivity index (χ0n) is 12.6. The van der Waals surface area contributed by atoms with Crippen molar-refractivity contribution in [3.63, 3.8) is 0 Å². The number of nitro benzene ring substituents is 1. The summed E-state index contributed by atoms with van der Waals surface area (Å²) in [6.45, 7) is 3.07. The lowest BCUT2D eigenvalue weighted by molar-refractivity contribution is -0.384. The number of nitrogens with zero attached hydrogens (tertiary/aromatic N) is 1. The topological polar surface area (TPSA) is 93.5 Å². The molecular weight excluding hydrogens is 286 g/mol. The van der Waals surface area contributed by atoms with Gasteiger partial charge in [-0.25, -0.2) is 4.79 Å². The average molecular weight is 307 g/mol. The minimum Gasteiger partial charge on any atom is -0.378 e. The predicted molar refractivity (Wildman–Crippen MR) is 83.1 cm³/mol. The number of amides is 2. The van der Waals surface area contributed by atoms with E-state index in [4.69, 9.17) is 4.74 Å². The Morgan fingerprint density at radius 2 is 2.27 bits per heavy atom. The lowest BCUT2D eigenvalue weighted by atomic mass is 10.1. The Morgan fingerprint density at radius 1 is 1.45 bits per heavy atom. The van der Waals surface area contributed by atoms with Gasteiger partial charge in [-0.05, 0) is 44.2 Å². The molecule has 2 N–H and O–H groups in total. The molecule has 120 valence electrons. The molecule has 7 nitrogen and oxygen atoms in total. The van der Waals surface area contributed by atoms with E-state index in [-0.39, 0.29) is 17.8 Å². The third-order valence-corrected chi connectivity index (χ3v) is 3.69. The molecular formula is C15H21N3O4. The van der Waals surface area contributed by atoms with E-state index in [0.717, 1.165) is 25.9 Å². The van der Waals surface area contributed by atoms with Gasteiger partial charge in [-0.2, -0.15) is 0 Å². The van der Waals surface area contributed by atoms with E-state index < -0.39 is 4.92 Å². The van der Waals surface area contributed by atoms with Crippen molar-refractivity contribution in [1.82, 2.24) is 5.32 Å². The van der Waals surface area contributed by atoms with E-state index >= 15 is 0 Å². The summed E-state index contributed by atoms with van der Waals surface area (Å²) in [6.07, 6.45) is 4.37. The zero-order chi connectivity index (χ0) is 15.9. The van der Waals surface area contributed by atoms with E-state index in [1.165, 1.54) is 24.6 Å². The van der Waals surface area contributed by atoms with Crippen LogP contribution in [0.1, 0.15) is 31.2 Å². The van der Waals surface area contributed by atoms with E-state index in [1.807, 2.05) is 0 Å². The highest BCUT2D eigenvalue weighted by atomic mass is 16.6. The Kier molecular flexibility index (Phi) is 5.71. The summed E-state index contributed by atoms with van der Waals surface area (Å²) in [5.74, 6) is 0. The van der Waals surface area contributed by atoms with Crippen molar-refractivity contribution in [1.29, 1.82) is 0 Å². The normalized spacial score (nSPS) is 17.8. The van der Waals surface area contributed by atoms with Crippen molar-refractivity contribution in [3.05, 3.63) is 33.9 Å². The Bertz CT molecular complexity index is 542. The van der Waals surface area contributed by atoms with Crippen molar-refractivity contribution in [3.8, 4) is 0 Å². The van der Waals surface area contributed by atoms with Gasteiger partial charge in [0.05, 0.1) is 11.0 Å². The number of carbonyl (C=O) groups is 1. The number of hydrogen-bond acceptors (Lipinski definition) is 4. The Labute approximate surface area is 129 Å². The molecule has 1 aliphatic rings. The second-order valence-corrected chi connectivity index (χ2v) is 5.41. The van der Waals surface area contributed by atoms with Crippen molar-refractivity contribution >= 4 is 17.4 Å². The summed E-state index contributed by atoms with van der Waals surface area (Å²) < 4.78 is 5.60. The highest BCUT2D eigenvalue weighted by Gasteiger charge is 2.14. The van der Waals surface area contributed by atoms with Crippen molar-refractivity contribution in [2.45, 2.75) is 38.7 Å². The number of rotatable bonds is 5. The highest BCUT2D eigenvalue weighted by Crippen LogP contribution is 2.21. The molecule has 22 heavy (non-hydrogen) atoms. The fourth-order valence-electron chi connectivity index (χ4n) is 2.45. The second-order valence-electron chi connectivity index (χ2n) is 5.41. The number of nitro groups is 1. The molecule has 1 aromatic carbocycles. The maximum absolute atomic E-state index is 11.8. The molecule has 1 aromatic rings. The first-order valence-electron chi connectivity index (χ1n) is 7.48. The van der Waals surface area contributed by atoms with Gasteiger partial charge < -0.3 is 15.4 Å². The second kappa shape index (κ2) is 7.74. The van der Waals surface area contributed by atoms with Crippen LogP contribution in [-0.2, 0) is 4.74 Å². The standard InChI is InChI=1S/C15H21N3O4/c1-11-10-12(18(20)21)5-6-14(11)17-15(19)16-8-7-13-4-2-3-9-22-13/h5-6,10,13H,2-4,7-9H2,1H3,(H2,16,17,19). The third kappa shape index (κ3) is 4.70. The van der Waals surface area contributed by atoms with Gasteiger partial charge >= 0.3 is 6.03 Å². The van der Waals surface area contributed by atoms with Crippen LogP contribution in [-0.4, -0.2) is 30.2 Å².